The smallest absolute Gasteiger partial charge is 0.257 e. The highest BCUT2D eigenvalue weighted by Gasteiger charge is 2.23. The van der Waals surface area contributed by atoms with E-state index in [-0.39, 0.29) is 11.8 Å². The first kappa shape index (κ1) is 9.45. The Balaban J connectivity index is 2.84. The standard InChI is InChI=1S/C10H11NO2/c1-3-4-5-8(2)11-9(12)6-7-10(11)13/h3-7H,1-2H3/b4-3-,8-5+. The second-order valence-corrected chi connectivity index (χ2v) is 2.68. The van der Waals surface area contributed by atoms with E-state index in [9.17, 15) is 9.59 Å². The van der Waals surface area contributed by atoms with Crippen LogP contribution >= 0.6 is 0 Å². The molecule has 0 bridgehead atoms. The maximum Gasteiger partial charge on any atom is 0.257 e. The third-order valence-electron chi connectivity index (χ3n) is 1.69. The molecule has 0 N–H and O–H groups in total. The van der Waals surface area contributed by atoms with Crippen molar-refractivity contribution in [1.29, 1.82) is 0 Å². The summed E-state index contributed by atoms with van der Waals surface area (Å²) in [5.74, 6) is -0.550. The number of carbonyl (C=O) groups excluding carboxylic acids is 2. The molecule has 0 spiro atoms. The largest absolute Gasteiger partial charge is 0.269 e. The summed E-state index contributed by atoms with van der Waals surface area (Å²) in [5.41, 5.74) is 0.637. The molecule has 13 heavy (non-hydrogen) atoms. The Morgan fingerprint density at radius 2 is 1.85 bits per heavy atom. The number of rotatable bonds is 2. The Bertz CT molecular complexity index is 306. The summed E-state index contributed by atoms with van der Waals surface area (Å²) < 4.78 is 0. The molecule has 0 unspecified atom stereocenters. The molecule has 0 aromatic carbocycles. The minimum absolute atomic E-state index is 0.275. The van der Waals surface area contributed by atoms with E-state index in [0.29, 0.717) is 5.70 Å². The second kappa shape index (κ2) is 3.85. The maximum absolute atomic E-state index is 11.1. The molecule has 0 radical (unpaired) electrons. The summed E-state index contributed by atoms with van der Waals surface area (Å²) in [6.45, 7) is 3.60. The SMILES string of the molecule is C/C=C\C=C(/C)N1C(=O)C=CC1=O. The van der Waals surface area contributed by atoms with E-state index in [1.165, 1.54) is 12.2 Å². The Labute approximate surface area is 77.0 Å². The van der Waals surface area contributed by atoms with Crippen molar-refractivity contribution in [1.82, 2.24) is 4.90 Å². The second-order valence-electron chi connectivity index (χ2n) is 2.68. The highest BCUT2D eigenvalue weighted by molar-refractivity contribution is 6.14. The van der Waals surface area contributed by atoms with Crippen LogP contribution in [0.4, 0.5) is 0 Å². The van der Waals surface area contributed by atoms with Gasteiger partial charge < -0.3 is 0 Å². The van der Waals surface area contributed by atoms with E-state index in [2.05, 4.69) is 0 Å². The molecule has 1 heterocycles. The predicted octanol–water partition coefficient (Wildman–Crippen LogP) is 1.39. The van der Waals surface area contributed by atoms with Crippen LogP contribution in [0.3, 0.4) is 0 Å². The van der Waals surface area contributed by atoms with Gasteiger partial charge in [0.15, 0.2) is 0 Å². The van der Waals surface area contributed by atoms with Crippen molar-refractivity contribution < 1.29 is 9.59 Å². The Morgan fingerprint density at radius 1 is 1.31 bits per heavy atom. The number of imide groups is 1. The summed E-state index contributed by atoms with van der Waals surface area (Å²) >= 11 is 0. The van der Waals surface area contributed by atoms with Crippen molar-refractivity contribution in [3.05, 3.63) is 36.1 Å². The lowest BCUT2D eigenvalue weighted by atomic mass is 10.3. The van der Waals surface area contributed by atoms with Crippen LogP contribution in [0.15, 0.2) is 36.1 Å². The van der Waals surface area contributed by atoms with Crippen LogP contribution in [0.25, 0.3) is 0 Å². The molecule has 0 aromatic heterocycles. The molecule has 3 heteroatoms. The summed E-state index contributed by atoms with van der Waals surface area (Å²) in [4.78, 5) is 23.4. The lowest BCUT2D eigenvalue weighted by molar-refractivity contribution is -0.134. The quantitative estimate of drug-likeness (QED) is 0.472. The molecule has 0 saturated heterocycles. The van der Waals surface area contributed by atoms with E-state index in [0.717, 1.165) is 4.90 Å². The topological polar surface area (TPSA) is 37.4 Å². The fourth-order valence-corrected chi connectivity index (χ4v) is 1.06. The van der Waals surface area contributed by atoms with Gasteiger partial charge in [0.05, 0.1) is 0 Å². The van der Waals surface area contributed by atoms with Gasteiger partial charge in [-0.25, -0.2) is 4.90 Å². The molecule has 1 aliphatic rings. The number of allylic oxidation sites excluding steroid dienone is 4. The van der Waals surface area contributed by atoms with Crippen LogP contribution in [0, 0.1) is 0 Å². The zero-order valence-corrected chi connectivity index (χ0v) is 7.65. The van der Waals surface area contributed by atoms with E-state index in [4.69, 9.17) is 0 Å². The highest BCUT2D eigenvalue weighted by atomic mass is 16.2. The van der Waals surface area contributed by atoms with Gasteiger partial charge in [0.25, 0.3) is 11.8 Å². The van der Waals surface area contributed by atoms with Crippen LogP contribution in [-0.4, -0.2) is 16.7 Å². The van der Waals surface area contributed by atoms with E-state index in [1.54, 1.807) is 19.1 Å². The molecular weight excluding hydrogens is 166 g/mol. The Hall–Kier alpha value is -1.64. The van der Waals surface area contributed by atoms with Gasteiger partial charge in [0.2, 0.25) is 0 Å². The first-order chi connectivity index (χ1) is 6.16. The molecular formula is C10H11NO2. The molecule has 0 aliphatic carbocycles. The lowest BCUT2D eigenvalue weighted by Crippen LogP contribution is -2.27. The van der Waals surface area contributed by atoms with E-state index >= 15 is 0 Å². The molecule has 0 aromatic rings. The third-order valence-corrected chi connectivity index (χ3v) is 1.69. The predicted molar refractivity (Wildman–Crippen MR) is 49.6 cm³/mol. The first-order valence-electron chi connectivity index (χ1n) is 4.02. The molecule has 68 valence electrons. The van der Waals surface area contributed by atoms with Gasteiger partial charge in [-0.1, -0.05) is 12.2 Å². The molecule has 0 saturated carbocycles. The average Bonchev–Trinajstić information content (AvgIpc) is 2.42. The van der Waals surface area contributed by atoms with Crippen LogP contribution in [-0.2, 0) is 9.59 Å². The van der Waals surface area contributed by atoms with E-state index < -0.39 is 0 Å². The van der Waals surface area contributed by atoms with E-state index in [1.807, 2.05) is 13.0 Å². The van der Waals surface area contributed by atoms with Crippen LogP contribution < -0.4 is 0 Å². The molecule has 1 rings (SSSR count). The molecule has 0 fully saturated rings. The summed E-state index contributed by atoms with van der Waals surface area (Å²) in [5, 5.41) is 0. The zero-order chi connectivity index (χ0) is 9.84. The highest BCUT2D eigenvalue weighted by Crippen LogP contribution is 2.11. The molecule has 3 nitrogen and oxygen atoms in total. The third kappa shape index (κ3) is 1.93. The number of hydrogen-bond donors (Lipinski definition) is 0. The number of amides is 2. The number of hydrogen-bond acceptors (Lipinski definition) is 2. The normalized spacial score (nSPS) is 18.0. The number of nitrogens with zero attached hydrogens (tertiary/aromatic N) is 1. The maximum atomic E-state index is 11.1. The van der Waals surface area contributed by atoms with Crippen molar-refractivity contribution in [2.24, 2.45) is 0 Å². The van der Waals surface area contributed by atoms with Gasteiger partial charge in [0.1, 0.15) is 0 Å². The van der Waals surface area contributed by atoms with Crippen LogP contribution in [0.5, 0.6) is 0 Å². The first-order valence-corrected chi connectivity index (χ1v) is 4.02. The summed E-state index contributed by atoms with van der Waals surface area (Å²) in [6, 6.07) is 0. The fourth-order valence-electron chi connectivity index (χ4n) is 1.06. The monoisotopic (exact) mass is 177 g/mol. The van der Waals surface area contributed by atoms with Crippen molar-refractivity contribution in [3.63, 3.8) is 0 Å². The van der Waals surface area contributed by atoms with Gasteiger partial charge in [-0.15, -0.1) is 0 Å². The average molecular weight is 177 g/mol. The van der Waals surface area contributed by atoms with Crippen molar-refractivity contribution in [2.45, 2.75) is 13.8 Å². The Kier molecular flexibility index (Phi) is 2.80. The van der Waals surface area contributed by atoms with Crippen molar-refractivity contribution in [3.8, 4) is 0 Å². The van der Waals surface area contributed by atoms with Gasteiger partial charge in [0, 0.05) is 17.8 Å². The van der Waals surface area contributed by atoms with Gasteiger partial charge in [-0.3, -0.25) is 9.59 Å². The minimum Gasteiger partial charge on any atom is -0.269 e. The van der Waals surface area contributed by atoms with Crippen LogP contribution in [0.2, 0.25) is 0 Å². The number of carbonyl (C=O) groups is 2. The zero-order valence-electron chi connectivity index (χ0n) is 7.65. The van der Waals surface area contributed by atoms with Gasteiger partial charge >= 0.3 is 0 Å². The van der Waals surface area contributed by atoms with Gasteiger partial charge in [-0.2, -0.15) is 0 Å². The minimum atomic E-state index is -0.275. The molecule has 0 atom stereocenters. The van der Waals surface area contributed by atoms with Crippen LogP contribution in [0.1, 0.15) is 13.8 Å². The molecule has 2 amide bonds. The van der Waals surface area contributed by atoms with Crippen molar-refractivity contribution >= 4 is 11.8 Å². The Morgan fingerprint density at radius 3 is 2.31 bits per heavy atom. The summed E-state index contributed by atoms with van der Waals surface area (Å²) in [7, 11) is 0. The van der Waals surface area contributed by atoms with Crippen molar-refractivity contribution in [2.75, 3.05) is 0 Å². The molecule has 1 aliphatic heterocycles. The van der Waals surface area contributed by atoms with Gasteiger partial charge in [-0.05, 0) is 19.9 Å². The summed E-state index contributed by atoms with van der Waals surface area (Å²) in [6.07, 6.45) is 7.89. The fraction of sp³-hybridized carbons (Fsp3) is 0.200. The lowest BCUT2D eigenvalue weighted by Gasteiger charge is -2.12.